The lowest BCUT2D eigenvalue weighted by Gasteiger charge is -2.09. The van der Waals surface area contributed by atoms with E-state index in [1.807, 2.05) is 6.92 Å². The number of primary amides is 1. The molecule has 0 unspecified atom stereocenters. The summed E-state index contributed by atoms with van der Waals surface area (Å²) in [6.45, 7) is 1.81. The van der Waals surface area contributed by atoms with Crippen LogP contribution >= 0.6 is 11.3 Å². The zero-order valence-corrected chi connectivity index (χ0v) is 9.14. The van der Waals surface area contributed by atoms with Gasteiger partial charge in [-0.25, -0.2) is 0 Å². The van der Waals surface area contributed by atoms with Crippen molar-refractivity contribution in [3.8, 4) is 0 Å². The van der Waals surface area contributed by atoms with E-state index >= 15 is 0 Å². The average molecular weight is 227 g/mol. The van der Waals surface area contributed by atoms with Crippen LogP contribution in [0.3, 0.4) is 0 Å². The molecule has 2 amide bonds. The van der Waals surface area contributed by atoms with Gasteiger partial charge in [-0.3, -0.25) is 9.59 Å². The normalized spacial score (nSPS) is 12.1. The Morgan fingerprint density at radius 1 is 1.60 bits per heavy atom. The summed E-state index contributed by atoms with van der Waals surface area (Å²) in [5, 5.41) is 4.72. The number of nitrogens with one attached hydrogen (secondary N) is 1. The Bertz CT molecular complexity index is 375. The minimum atomic E-state index is -0.562. The predicted octanol–water partition coefficient (Wildman–Crippen LogP) is 0.523. The van der Waals surface area contributed by atoms with Crippen LogP contribution in [0.4, 0.5) is 5.00 Å². The van der Waals surface area contributed by atoms with Crippen LogP contribution in [0.25, 0.3) is 0 Å². The van der Waals surface area contributed by atoms with E-state index in [-0.39, 0.29) is 5.91 Å². The van der Waals surface area contributed by atoms with E-state index < -0.39 is 11.9 Å². The van der Waals surface area contributed by atoms with Crippen molar-refractivity contribution in [1.29, 1.82) is 0 Å². The van der Waals surface area contributed by atoms with Gasteiger partial charge in [0.15, 0.2) is 0 Å². The molecular weight excluding hydrogens is 214 g/mol. The summed E-state index contributed by atoms with van der Waals surface area (Å²) in [6, 6.07) is 1.01. The standard InChI is InChI=1S/C9H13N3O2S/c1-2-6(10)8(14)12-9-5(7(11)13)3-4-15-9/h3-4,6H,2,10H2,1H3,(H2,11,13)(H,12,14)/t6-/m1/s1. The van der Waals surface area contributed by atoms with Gasteiger partial charge in [0.25, 0.3) is 5.91 Å². The molecule has 15 heavy (non-hydrogen) atoms. The van der Waals surface area contributed by atoms with Crippen LogP contribution in [0.1, 0.15) is 23.7 Å². The van der Waals surface area contributed by atoms with Gasteiger partial charge in [-0.15, -0.1) is 11.3 Å². The van der Waals surface area contributed by atoms with E-state index in [1.54, 1.807) is 11.4 Å². The maximum atomic E-state index is 11.4. The van der Waals surface area contributed by atoms with Gasteiger partial charge >= 0.3 is 0 Å². The van der Waals surface area contributed by atoms with Crippen molar-refractivity contribution in [2.75, 3.05) is 5.32 Å². The van der Waals surface area contributed by atoms with Gasteiger partial charge in [0.2, 0.25) is 5.91 Å². The van der Waals surface area contributed by atoms with Gasteiger partial charge in [-0.1, -0.05) is 6.92 Å². The molecule has 0 spiro atoms. The zero-order valence-electron chi connectivity index (χ0n) is 8.32. The van der Waals surface area contributed by atoms with Crippen LogP contribution in [0.15, 0.2) is 11.4 Å². The van der Waals surface area contributed by atoms with Crippen LogP contribution in [0.2, 0.25) is 0 Å². The fraction of sp³-hybridized carbons (Fsp3) is 0.333. The fourth-order valence-electron chi connectivity index (χ4n) is 0.990. The first-order valence-electron chi connectivity index (χ1n) is 4.50. The Hall–Kier alpha value is -1.40. The number of thiophene rings is 1. The minimum absolute atomic E-state index is 0.303. The van der Waals surface area contributed by atoms with Crippen molar-refractivity contribution in [2.24, 2.45) is 11.5 Å². The topological polar surface area (TPSA) is 98.2 Å². The Balaban J connectivity index is 2.76. The van der Waals surface area contributed by atoms with E-state index in [1.165, 1.54) is 11.3 Å². The highest BCUT2D eigenvalue weighted by molar-refractivity contribution is 7.14. The summed E-state index contributed by atoms with van der Waals surface area (Å²) in [6.07, 6.45) is 0.545. The number of carbonyl (C=O) groups is 2. The Morgan fingerprint density at radius 3 is 2.80 bits per heavy atom. The molecule has 82 valence electrons. The summed E-state index contributed by atoms with van der Waals surface area (Å²) in [4.78, 5) is 22.4. The number of hydrogen-bond acceptors (Lipinski definition) is 4. The first-order valence-corrected chi connectivity index (χ1v) is 5.38. The SMILES string of the molecule is CC[C@@H](N)C(=O)Nc1sccc1C(N)=O. The first-order chi connectivity index (χ1) is 7.06. The van der Waals surface area contributed by atoms with Gasteiger partial charge in [0.05, 0.1) is 11.6 Å². The third-order valence-corrected chi connectivity index (χ3v) is 2.77. The van der Waals surface area contributed by atoms with E-state index in [0.29, 0.717) is 17.0 Å². The second-order valence-electron chi connectivity index (χ2n) is 3.03. The smallest absolute Gasteiger partial charge is 0.251 e. The molecule has 5 N–H and O–H groups in total. The van der Waals surface area contributed by atoms with E-state index in [2.05, 4.69) is 5.32 Å². The van der Waals surface area contributed by atoms with Crippen LogP contribution in [-0.2, 0) is 4.79 Å². The molecule has 0 radical (unpaired) electrons. The molecule has 1 aromatic heterocycles. The minimum Gasteiger partial charge on any atom is -0.366 e. The molecule has 6 heteroatoms. The molecule has 0 aliphatic heterocycles. The summed E-state index contributed by atoms with van der Waals surface area (Å²) in [7, 11) is 0. The largest absolute Gasteiger partial charge is 0.366 e. The number of amides is 2. The molecule has 0 bridgehead atoms. The molecule has 0 saturated heterocycles. The predicted molar refractivity (Wildman–Crippen MR) is 59.7 cm³/mol. The lowest BCUT2D eigenvalue weighted by Crippen LogP contribution is -2.35. The van der Waals surface area contributed by atoms with Crippen molar-refractivity contribution in [3.63, 3.8) is 0 Å². The average Bonchev–Trinajstić information content (AvgIpc) is 2.64. The lowest BCUT2D eigenvalue weighted by atomic mass is 10.2. The molecule has 1 heterocycles. The molecule has 0 saturated carbocycles. The highest BCUT2D eigenvalue weighted by Gasteiger charge is 2.15. The lowest BCUT2D eigenvalue weighted by molar-refractivity contribution is -0.117. The third kappa shape index (κ3) is 2.77. The van der Waals surface area contributed by atoms with Gasteiger partial charge in [-0.2, -0.15) is 0 Å². The number of carbonyl (C=O) groups excluding carboxylic acids is 2. The number of nitrogens with two attached hydrogens (primary N) is 2. The maximum absolute atomic E-state index is 11.4. The van der Waals surface area contributed by atoms with Gasteiger partial charge in [-0.05, 0) is 17.9 Å². The monoisotopic (exact) mass is 227 g/mol. The van der Waals surface area contributed by atoms with Crippen molar-refractivity contribution in [3.05, 3.63) is 17.0 Å². The van der Waals surface area contributed by atoms with E-state index in [9.17, 15) is 9.59 Å². The highest BCUT2D eigenvalue weighted by Crippen LogP contribution is 2.22. The molecule has 1 rings (SSSR count). The Labute approximate surface area is 91.4 Å². The van der Waals surface area contributed by atoms with Crippen molar-refractivity contribution in [2.45, 2.75) is 19.4 Å². The number of anilines is 1. The Kier molecular flexibility index (Phi) is 3.81. The van der Waals surface area contributed by atoms with Crippen LogP contribution in [-0.4, -0.2) is 17.9 Å². The van der Waals surface area contributed by atoms with Crippen LogP contribution < -0.4 is 16.8 Å². The highest BCUT2D eigenvalue weighted by atomic mass is 32.1. The molecule has 0 fully saturated rings. The number of hydrogen-bond donors (Lipinski definition) is 3. The molecule has 1 atom stereocenters. The summed E-state index contributed by atoms with van der Waals surface area (Å²) >= 11 is 1.25. The molecule has 0 aliphatic rings. The van der Waals surface area contributed by atoms with Crippen molar-refractivity contribution < 1.29 is 9.59 Å². The Morgan fingerprint density at radius 2 is 2.27 bits per heavy atom. The summed E-state index contributed by atoms with van der Waals surface area (Å²) in [5.74, 6) is -0.862. The van der Waals surface area contributed by atoms with Crippen LogP contribution in [0, 0.1) is 0 Å². The number of rotatable bonds is 4. The maximum Gasteiger partial charge on any atom is 0.251 e. The van der Waals surface area contributed by atoms with E-state index in [0.717, 1.165) is 0 Å². The van der Waals surface area contributed by atoms with Gasteiger partial charge in [0, 0.05) is 0 Å². The van der Waals surface area contributed by atoms with Gasteiger partial charge in [0.1, 0.15) is 5.00 Å². The first kappa shape index (κ1) is 11.7. The molecular formula is C9H13N3O2S. The molecule has 1 aromatic rings. The van der Waals surface area contributed by atoms with Crippen molar-refractivity contribution >= 4 is 28.2 Å². The zero-order chi connectivity index (χ0) is 11.4. The van der Waals surface area contributed by atoms with Crippen LogP contribution in [0.5, 0.6) is 0 Å². The van der Waals surface area contributed by atoms with E-state index in [4.69, 9.17) is 11.5 Å². The third-order valence-electron chi connectivity index (χ3n) is 1.94. The molecule has 5 nitrogen and oxygen atoms in total. The quantitative estimate of drug-likeness (QED) is 0.699. The second-order valence-corrected chi connectivity index (χ2v) is 3.95. The fourth-order valence-corrected chi connectivity index (χ4v) is 1.79. The molecule has 0 aromatic carbocycles. The summed E-state index contributed by atoms with van der Waals surface area (Å²) < 4.78 is 0. The summed E-state index contributed by atoms with van der Waals surface area (Å²) in [5.41, 5.74) is 11.0. The van der Waals surface area contributed by atoms with Gasteiger partial charge < -0.3 is 16.8 Å². The van der Waals surface area contributed by atoms with Crippen molar-refractivity contribution in [1.82, 2.24) is 0 Å². The molecule has 0 aliphatic carbocycles. The second kappa shape index (κ2) is 4.90.